The van der Waals surface area contributed by atoms with Crippen molar-refractivity contribution in [3.8, 4) is 0 Å². The molecule has 1 saturated heterocycles. The van der Waals surface area contributed by atoms with Crippen LogP contribution in [0.1, 0.15) is 32.0 Å². The molecule has 0 radical (unpaired) electrons. The molecule has 7 nitrogen and oxygen atoms in total. The molecular formula is C26H33N7. The molecule has 2 aromatic heterocycles. The fourth-order valence-electron chi connectivity index (χ4n) is 4.12. The number of allylic oxidation sites excluding steroid dienone is 5. The molecular weight excluding hydrogens is 410 g/mol. The van der Waals surface area contributed by atoms with Crippen molar-refractivity contribution < 1.29 is 0 Å². The maximum Gasteiger partial charge on any atom is 0.104 e. The van der Waals surface area contributed by atoms with Crippen LogP contribution in [0.15, 0.2) is 78.8 Å². The first-order valence-electron chi connectivity index (χ1n) is 11.2. The topological polar surface area (TPSA) is 80.9 Å². The summed E-state index contributed by atoms with van der Waals surface area (Å²) in [4.78, 5) is 7.09. The van der Waals surface area contributed by atoms with Gasteiger partial charge in [-0.1, -0.05) is 32.6 Å². The average Bonchev–Trinajstić information content (AvgIpc) is 3.27. The van der Waals surface area contributed by atoms with Gasteiger partial charge in [-0.3, -0.25) is 15.0 Å². The molecule has 0 aliphatic carbocycles. The van der Waals surface area contributed by atoms with Crippen LogP contribution in [-0.2, 0) is 0 Å². The number of anilines is 1. The largest absolute Gasteiger partial charge is 0.375 e. The van der Waals surface area contributed by atoms with E-state index in [4.69, 9.17) is 0 Å². The maximum atomic E-state index is 4.61. The maximum absolute atomic E-state index is 4.61. The SMILES string of the molecule is C=C1C=C(C(C)N2CC(C)(C)C2)N/C=C(c2cc(N/C(=C/c3cn[nH]c3)NC)ccn2)\C=C/1. The highest BCUT2D eigenvalue weighted by molar-refractivity contribution is 5.75. The Morgan fingerprint density at radius 1 is 1.30 bits per heavy atom. The van der Waals surface area contributed by atoms with E-state index in [0.717, 1.165) is 52.7 Å². The first-order valence-corrected chi connectivity index (χ1v) is 11.2. The Kier molecular flexibility index (Phi) is 6.51. The number of pyridine rings is 1. The summed E-state index contributed by atoms with van der Waals surface area (Å²) in [5, 5.41) is 16.9. The summed E-state index contributed by atoms with van der Waals surface area (Å²) < 4.78 is 0. The lowest BCUT2D eigenvalue weighted by Crippen LogP contribution is -2.57. The van der Waals surface area contributed by atoms with Gasteiger partial charge in [0.05, 0.1) is 11.9 Å². The van der Waals surface area contributed by atoms with E-state index in [1.54, 1.807) is 6.20 Å². The number of aromatic nitrogens is 3. The number of nitrogens with zero attached hydrogens (tertiary/aromatic N) is 3. The zero-order valence-corrected chi connectivity index (χ0v) is 19.8. The third-order valence-corrected chi connectivity index (χ3v) is 5.91. The van der Waals surface area contributed by atoms with Gasteiger partial charge in [0.15, 0.2) is 0 Å². The molecule has 0 aromatic carbocycles. The first kappa shape index (κ1) is 22.6. The zero-order chi connectivity index (χ0) is 23.4. The summed E-state index contributed by atoms with van der Waals surface area (Å²) in [5.41, 5.74) is 6.28. The minimum absolute atomic E-state index is 0.297. The quantitative estimate of drug-likeness (QED) is 0.516. The number of nitrogens with one attached hydrogen (secondary N) is 4. The van der Waals surface area contributed by atoms with E-state index in [0.29, 0.717) is 11.5 Å². The molecule has 0 amide bonds. The highest BCUT2D eigenvalue weighted by atomic mass is 15.2. The van der Waals surface area contributed by atoms with Crippen LogP contribution in [-0.4, -0.2) is 46.3 Å². The Bertz CT molecular complexity index is 1110. The van der Waals surface area contributed by atoms with E-state index in [-0.39, 0.29) is 0 Å². The van der Waals surface area contributed by atoms with Crippen LogP contribution >= 0.6 is 0 Å². The Morgan fingerprint density at radius 3 is 2.82 bits per heavy atom. The minimum Gasteiger partial charge on any atom is -0.375 e. The lowest BCUT2D eigenvalue weighted by atomic mass is 9.83. The summed E-state index contributed by atoms with van der Waals surface area (Å²) in [6.45, 7) is 13.3. The third kappa shape index (κ3) is 5.62. The standard InChI is InChI=1S/C26H33N7/c1-18-6-7-21(15-29-23(10-18)19(2)33-16-26(3,4)17-33)24-12-22(8-9-28-24)32-25(27-5)11-20-13-30-31-14-20/h6-15,19,27,29H,1,16-17H2,2-5H3,(H,28,32)(H,30,31)/b7-6-,21-15+,23-10?,25-11+. The zero-order valence-electron chi connectivity index (χ0n) is 19.8. The van der Waals surface area contributed by atoms with E-state index < -0.39 is 0 Å². The second-order valence-corrected chi connectivity index (χ2v) is 9.39. The molecule has 2 aliphatic rings. The number of H-pyrrole nitrogens is 1. The lowest BCUT2D eigenvalue weighted by Gasteiger charge is -2.49. The van der Waals surface area contributed by atoms with E-state index in [9.17, 15) is 0 Å². The summed E-state index contributed by atoms with van der Waals surface area (Å²) in [7, 11) is 1.88. The number of aromatic amines is 1. The van der Waals surface area contributed by atoms with Crippen molar-refractivity contribution in [2.45, 2.75) is 26.8 Å². The van der Waals surface area contributed by atoms with Gasteiger partial charge in [0.2, 0.25) is 0 Å². The summed E-state index contributed by atoms with van der Waals surface area (Å²) >= 11 is 0. The van der Waals surface area contributed by atoms with Crippen molar-refractivity contribution in [3.05, 3.63) is 90.1 Å². The molecule has 4 N–H and O–H groups in total. The van der Waals surface area contributed by atoms with Gasteiger partial charge < -0.3 is 16.0 Å². The Balaban J connectivity index is 1.52. The molecule has 1 unspecified atom stereocenters. The molecule has 2 aromatic rings. The highest BCUT2D eigenvalue weighted by Crippen LogP contribution is 2.32. The fraction of sp³-hybridized carbons (Fsp3) is 0.308. The second kappa shape index (κ2) is 9.50. The predicted molar refractivity (Wildman–Crippen MR) is 136 cm³/mol. The van der Waals surface area contributed by atoms with Crippen molar-refractivity contribution >= 4 is 17.3 Å². The van der Waals surface area contributed by atoms with Crippen LogP contribution in [0, 0.1) is 5.41 Å². The molecule has 7 heteroatoms. The van der Waals surface area contributed by atoms with Gasteiger partial charge >= 0.3 is 0 Å². The number of hydrogen-bond donors (Lipinski definition) is 4. The fourth-order valence-corrected chi connectivity index (χ4v) is 4.12. The second-order valence-electron chi connectivity index (χ2n) is 9.39. The summed E-state index contributed by atoms with van der Waals surface area (Å²) in [6.07, 6.45) is 15.7. The van der Waals surface area contributed by atoms with E-state index in [1.807, 2.05) is 56.0 Å². The molecule has 33 heavy (non-hydrogen) atoms. The Labute approximate surface area is 196 Å². The molecule has 2 aliphatic heterocycles. The Morgan fingerprint density at radius 2 is 2.12 bits per heavy atom. The van der Waals surface area contributed by atoms with Crippen LogP contribution in [0.25, 0.3) is 11.6 Å². The monoisotopic (exact) mass is 443 g/mol. The summed E-state index contributed by atoms with van der Waals surface area (Å²) in [6, 6.07) is 4.28. The molecule has 172 valence electrons. The van der Waals surface area contributed by atoms with Crippen molar-refractivity contribution in [2.75, 3.05) is 25.5 Å². The molecule has 4 rings (SSSR count). The third-order valence-electron chi connectivity index (χ3n) is 5.91. The molecule has 1 atom stereocenters. The molecule has 1 fully saturated rings. The van der Waals surface area contributed by atoms with Crippen molar-refractivity contribution in [3.63, 3.8) is 0 Å². The predicted octanol–water partition coefficient (Wildman–Crippen LogP) is 4.11. The number of rotatable bonds is 7. The van der Waals surface area contributed by atoms with E-state index >= 15 is 0 Å². The van der Waals surface area contributed by atoms with Crippen molar-refractivity contribution in [2.24, 2.45) is 5.41 Å². The van der Waals surface area contributed by atoms with Gasteiger partial charge in [0.25, 0.3) is 0 Å². The van der Waals surface area contributed by atoms with Crippen LogP contribution in [0.2, 0.25) is 0 Å². The van der Waals surface area contributed by atoms with E-state index in [1.165, 1.54) is 0 Å². The highest BCUT2D eigenvalue weighted by Gasteiger charge is 2.37. The lowest BCUT2D eigenvalue weighted by molar-refractivity contribution is 0.00962. The van der Waals surface area contributed by atoms with Crippen LogP contribution < -0.4 is 16.0 Å². The molecule has 4 heterocycles. The van der Waals surface area contributed by atoms with Gasteiger partial charge in [-0.05, 0) is 42.2 Å². The number of likely N-dealkylation sites (tertiary alicyclic amines) is 1. The van der Waals surface area contributed by atoms with Gasteiger partial charge in [-0.25, -0.2) is 0 Å². The smallest absolute Gasteiger partial charge is 0.104 e. The first-order chi connectivity index (χ1) is 15.8. The average molecular weight is 444 g/mol. The molecule has 0 spiro atoms. The normalized spacial score (nSPS) is 21.9. The van der Waals surface area contributed by atoms with Crippen LogP contribution in [0.3, 0.4) is 0 Å². The van der Waals surface area contributed by atoms with Crippen LogP contribution in [0.5, 0.6) is 0 Å². The Hall–Kier alpha value is -3.58. The molecule has 0 saturated carbocycles. The van der Waals surface area contributed by atoms with Crippen LogP contribution in [0.4, 0.5) is 5.69 Å². The van der Waals surface area contributed by atoms with Gasteiger partial charge in [0, 0.05) is 67.3 Å². The van der Waals surface area contributed by atoms with E-state index in [2.05, 4.69) is 69.5 Å². The minimum atomic E-state index is 0.297. The summed E-state index contributed by atoms with van der Waals surface area (Å²) in [5.74, 6) is 0.860. The van der Waals surface area contributed by atoms with Crippen molar-refractivity contribution in [1.29, 1.82) is 0 Å². The van der Waals surface area contributed by atoms with Gasteiger partial charge in [-0.15, -0.1) is 0 Å². The van der Waals surface area contributed by atoms with Crippen molar-refractivity contribution in [1.82, 2.24) is 30.7 Å². The van der Waals surface area contributed by atoms with Gasteiger partial charge in [-0.2, -0.15) is 5.10 Å². The number of hydrogen-bond acceptors (Lipinski definition) is 6. The molecule has 0 bridgehead atoms. The van der Waals surface area contributed by atoms with Gasteiger partial charge in [0.1, 0.15) is 5.82 Å².